The summed E-state index contributed by atoms with van der Waals surface area (Å²) in [6, 6.07) is 0.655. The Kier molecular flexibility index (Phi) is 2.45. The molecular formula is C6H14N2O. The normalized spacial score (nSPS) is 36.7. The Hall–Kier alpha value is -0.120. The summed E-state index contributed by atoms with van der Waals surface area (Å²) in [6.07, 6.45) is 0. The van der Waals surface area contributed by atoms with Gasteiger partial charge in [-0.3, -0.25) is 0 Å². The molecule has 0 aromatic heterocycles. The van der Waals surface area contributed by atoms with Gasteiger partial charge in [0.25, 0.3) is 0 Å². The summed E-state index contributed by atoms with van der Waals surface area (Å²) in [4.78, 5) is 0. The van der Waals surface area contributed by atoms with E-state index in [-0.39, 0.29) is 12.6 Å². The minimum Gasteiger partial charge on any atom is -0.395 e. The number of hydrogen-bond acceptors (Lipinski definition) is 3. The molecule has 0 amide bonds. The zero-order valence-corrected chi connectivity index (χ0v) is 5.72. The Balaban J connectivity index is 2.30. The van der Waals surface area contributed by atoms with Gasteiger partial charge in [-0.1, -0.05) is 0 Å². The summed E-state index contributed by atoms with van der Waals surface area (Å²) in [5.74, 6) is 0. The molecule has 0 unspecified atom stereocenters. The first-order chi connectivity index (χ1) is 4.34. The fraction of sp³-hybridized carbons (Fsp3) is 1.00. The van der Waals surface area contributed by atoms with Gasteiger partial charge in [-0.2, -0.15) is 0 Å². The van der Waals surface area contributed by atoms with E-state index < -0.39 is 0 Å². The van der Waals surface area contributed by atoms with Crippen molar-refractivity contribution in [2.75, 3.05) is 19.7 Å². The Labute approximate surface area is 55.5 Å². The van der Waals surface area contributed by atoms with E-state index in [9.17, 15) is 0 Å². The van der Waals surface area contributed by atoms with E-state index in [0.29, 0.717) is 6.04 Å². The molecule has 0 aromatic carbocycles. The van der Waals surface area contributed by atoms with E-state index >= 15 is 0 Å². The van der Waals surface area contributed by atoms with Crippen molar-refractivity contribution in [3.05, 3.63) is 0 Å². The minimum atomic E-state index is 0.230. The van der Waals surface area contributed by atoms with Crippen molar-refractivity contribution in [3.63, 3.8) is 0 Å². The van der Waals surface area contributed by atoms with Crippen LogP contribution in [-0.2, 0) is 0 Å². The van der Waals surface area contributed by atoms with Crippen LogP contribution in [-0.4, -0.2) is 36.9 Å². The van der Waals surface area contributed by atoms with Crippen molar-refractivity contribution in [3.8, 4) is 0 Å². The summed E-state index contributed by atoms with van der Waals surface area (Å²) in [7, 11) is 0. The fourth-order valence-electron chi connectivity index (χ4n) is 1.10. The number of aliphatic hydroxyl groups is 1. The molecule has 0 radical (unpaired) electrons. The molecule has 2 atom stereocenters. The van der Waals surface area contributed by atoms with E-state index in [1.54, 1.807) is 0 Å². The molecule has 3 heteroatoms. The highest BCUT2D eigenvalue weighted by molar-refractivity contribution is 4.82. The lowest BCUT2D eigenvalue weighted by molar-refractivity contribution is 0.199. The second-order valence-corrected chi connectivity index (χ2v) is 2.49. The second-order valence-electron chi connectivity index (χ2n) is 2.49. The molecule has 1 fully saturated rings. The van der Waals surface area contributed by atoms with Gasteiger partial charge in [0.2, 0.25) is 0 Å². The van der Waals surface area contributed by atoms with Crippen molar-refractivity contribution < 1.29 is 5.11 Å². The molecule has 1 aliphatic rings. The molecule has 1 rings (SSSR count). The molecule has 3 N–H and O–H groups in total. The number of aliphatic hydroxyl groups excluding tert-OH is 1. The van der Waals surface area contributed by atoms with Crippen LogP contribution >= 0.6 is 0 Å². The third kappa shape index (κ3) is 1.64. The van der Waals surface area contributed by atoms with E-state index in [1.165, 1.54) is 0 Å². The molecule has 54 valence electrons. The highest BCUT2D eigenvalue weighted by Gasteiger charge is 2.17. The topological polar surface area (TPSA) is 44.3 Å². The lowest BCUT2D eigenvalue weighted by atomic mass is 10.1. The average molecular weight is 130 g/mol. The minimum absolute atomic E-state index is 0.230. The van der Waals surface area contributed by atoms with Crippen LogP contribution in [0, 0.1) is 0 Å². The standard InChI is InChI=1S/C6H14N2O/c1-5-6(4-9)8-3-2-7-5/h5-9H,2-4H2,1H3/t5-,6+/m1/s1. The first kappa shape index (κ1) is 6.99. The van der Waals surface area contributed by atoms with Crippen LogP contribution in [0.4, 0.5) is 0 Å². The maximum Gasteiger partial charge on any atom is 0.0599 e. The van der Waals surface area contributed by atoms with Crippen molar-refractivity contribution in [2.45, 2.75) is 19.0 Å². The number of hydrogen-bond donors (Lipinski definition) is 3. The van der Waals surface area contributed by atoms with Crippen molar-refractivity contribution in [1.29, 1.82) is 0 Å². The Morgan fingerprint density at radius 3 is 2.56 bits per heavy atom. The molecule has 0 aliphatic carbocycles. The largest absolute Gasteiger partial charge is 0.395 e. The van der Waals surface area contributed by atoms with E-state index in [2.05, 4.69) is 17.6 Å². The Bertz CT molecular complexity index is 87.1. The molecular weight excluding hydrogens is 116 g/mol. The maximum absolute atomic E-state index is 8.76. The quantitative estimate of drug-likeness (QED) is 0.423. The molecule has 1 aliphatic heterocycles. The van der Waals surface area contributed by atoms with Gasteiger partial charge in [-0.25, -0.2) is 0 Å². The van der Waals surface area contributed by atoms with Gasteiger partial charge in [0.05, 0.1) is 6.61 Å². The van der Waals surface area contributed by atoms with Gasteiger partial charge in [0.1, 0.15) is 0 Å². The second kappa shape index (κ2) is 3.15. The number of piperazine rings is 1. The van der Waals surface area contributed by atoms with Crippen LogP contribution in [0.15, 0.2) is 0 Å². The van der Waals surface area contributed by atoms with Crippen LogP contribution in [0.2, 0.25) is 0 Å². The highest BCUT2D eigenvalue weighted by atomic mass is 16.3. The number of nitrogens with one attached hydrogen (secondary N) is 2. The zero-order chi connectivity index (χ0) is 6.69. The molecule has 1 heterocycles. The van der Waals surface area contributed by atoms with Crippen molar-refractivity contribution in [1.82, 2.24) is 10.6 Å². The van der Waals surface area contributed by atoms with Gasteiger partial charge in [-0.15, -0.1) is 0 Å². The van der Waals surface area contributed by atoms with Gasteiger partial charge < -0.3 is 15.7 Å². The van der Waals surface area contributed by atoms with E-state index in [1.807, 2.05) is 0 Å². The summed E-state index contributed by atoms with van der Waals surface area (Å²) in [5.41, 5.74) is 0. The van der Waals surface area contributed by atoms with Gasteiger partial charge >= 0.3 is 0 Å². The van der Waals surface area contributed by atoms with Crippen LogP contribution in [0.3, 0.4) is 0 Å². The molecule has 3 nitrogen and oxygen atoms in total. The lowest BCUT2D eigenvalue weighted by Crippen LogP contribution is -2.56. The zero-order valence-electron chi connectivity index (χ0n) is 5.72. The molecule has 1 saturated heterocycles. The highest BCUT2D eigenvalue weighted by Crippen LogP contribution is 1.94. The Morgan fingerprint density at radius 1 is 1.44 bits per heavy atom. The van der Waals surface area contributed by atoms with Gasteiger partial charge in [0, 0.05) is 25.2 Å². The first-order valence-electron chi connectivity index (χ1n) is 3.42. The average Bonchev–Trinajstić information content (AvgIpc) is 1.89. The van der Waals surface area contributed by atoms with E-state index in [0.717, 1.165) is 13.1 Å². The van der Waals surface area contributed by atoms with Crippen LogP contribution in [0.1, 0.15) is 6.92 Å². The van der Waals surface area contributed by atoms with Crippen LogP contribution < -0.4 is 10.6 Å². The van der Waals surface area contributed by atoms with Gasteiger partial charge in [-0.05, 0) is 6.92 Å². The maximum atomic E-state index is 8.76. The molecule has 9 heavy (non-hydrogen) atoms. The van der Waals surface area contributed by atoms with Crippen molar-refractivity contribution >= 4 is 0 Å². The van der Waals surface area contributed by atoms with E-state index in [4.69, 9.17) is 5.11 Å². The predicted octanol–water partition coefficient (Wildman–Crippen LogP) is -1.07. The predicted molar refractivity (Wildman–Crippen MR) is 36.3 cm³/mol. The molecule has 0 aromatic rings. The third-order valence-corrected chi connectivity index (χ3v) is 1.80. The number of rotatable bonds is 1. The third-order valence-electron chi connectivity index (χ3n) is 1.80. The summed E-state index contributed by atoms with van der Waals surface area (Å²) < 4.78 is 0. The van der Waals surface area contributed by atoms with Crippen LogP contribution in [0.5, 0.6) is 0 Å². The monoisotopic (exact) mass is 130 g/mol. The molecule has 0 spiro atoms. The Morgan fingerprint density at radius 2 is 2.11 bits per heavy atom. The summed E-state index contributed by atoms with van der Waals surface area (Å²) in [6.45, 7) is 4.29. The molecule has 0 saturated carbocycles. The van der Waals surface area contributed by atoms with Gasteiger partial charge in [0.15, 0.2) is 0 Å². The SMILES string of the molecule is C[C@H]1NCCN[C@H]1CO. The first-order valence-corrected chi connectivity index (χ1v) is 3.42. The van der Waals surface area contributed by atoms with Crippen LogP contribution in [0.25, 0.3) is 0 Å². The molecule has 0 bridgehead atoms. The fourth-order valence-corrected chi connectivity index (χ4v) is 1.10. The summed E-state index contributed by atoms with van der Waals surface area (Å²) in [5, 5.41) is 15.2. The lowest BCUT2D eigenvalue weighted by Gasteiger charge is -2.29. The summed E-state index contributed by atoms with van der Waals surface area (Å²) >= 11 is 0. The smallest absolute Gasteiger partial charge is 0.0599 e. The van der Waals surface area contributed by atoms with Crippen molar-refractivity contribution in [2.24, 2.45) is 0 Å².